The summed E-state index contributed by atoms with van der Waals surface area (Å²) in [6.45, 7) is 5.51. The normalized spacial score (nSPS) is 16.9. The van der Waals surface area contributed by atoms with Crippen molar-refractivity contribution in [2.45, 2.75) is 45.6 Å². The van der Waals surface area contributed by atoms with Gasteiger partial charge in [0.05, 0.1) is 11.9 Å². The van der Waals surface area contributed by atoms with Crippen LogP contribution in [0, 0.1) is 5.92 Å². The lowest BCUT2D eigenvalue weighted by atomic mass is 10.1. The first-order valence-electron chi connectivity index (χ1n) is 7.32. The molecule has 1 heterocycles. The lowest BCUT2D eigenvalue weighted by Gasteiger charge is -2.32. The molecular weight excluding hydrogens is 252 g/mol. The van der Waals surface area contributed by atoms with Crippen molar-refractivity contribution in [3.05, 3.63) is 24.0 Å². The molecule has 0 unspecified atom stereocenters. The van der Waals surface area contributed by atoms with Crippen LogP contribution in [0.15, 0.2) is 23.5 Å². The molecule has 20 heavy (non-hydrogen) atoms. The van der Waals surface area contributed by atoms with Crippen molar-refractivity contribution in [3.63, 3.8) is 0 Å². The van der Waals surface area contributed by atoms with Crippen LogP contribution in [0.25, 0.3) is 0 Å². The number of nitrogens with two attached hydrogens (primary N) is 1. The van der Waals surface area contributed by atoms with E-state index in [0.29, 0.717) is 17.7 Å². The third kappa shape index (κ3) is 3.40. The molecule has 5 nitrogen and oxygen atoms in total. The van der Waals surface area contributed by atoms with Gasteiger partial charge in [0.25, 0.3) is 0 Å². The predicted molar refractivity (Wildman–Crippen MR) is 81.2 cm³/mol. The number of aromatic nitrogens is 1. The zero-order valence-corrected chi connectivity index (χ0v) is 12.3. The Bertz CT molecular complexity index is 449. The highest BCUT2D eigenvalue weighted by Crippen LogP contribution is 2.28. The molecule has 0 aliphatic heterocycles. The van der Waals surface area contributed by atoms with Gasteiger partial charge in [0, 0.05) is 12.6 Å². The van der Waals surface area contributed by atoms with Crippen molar-refractivity contribution in [2.24, 2.45) is 16.8 Å². The molecule has 3 N–H and O–H groups in total. The quantitative estimate of drug-likeness (QED) is 0.375. The molecule has 0 aromatic carbocycles. The Labute approximate surface area is 120 Å². The Morgan fingerprint density at radius 1 is 1.45 bits per heavy atom. The first-order valence-corrected chi connectivity index (χ1v) is 7.32. The number of amidine groups is 1. The largest absolute Gasteiger partial charge is 0.409 e. The standard InChI is InChI=1S/C15H24N4O/c1-11(2)10-19(12-5-3-4-6-12)13-7-8-14(17-9-13)15(16)18-20/h7-9,11-12,20H,3-6,10H2,1-2H3,(H2,16,18). The van der Waals surface area contributed by atoms with Gasteiger partial charge < -0.3 is 15.8 Å². The second kappa shape index (κ2) is 6.59. The summed E-state index contributed by atoms with van der Waals surface area (Å²) in [4.78, 5) is 6.75. The zero-order valence-electron chi connectivity index (χ0n) is 12.3. The molecule has 1 saturated carbocycles. The van der Waals surface area contributed by atoms with Gasteiger partial charge in [-0.1, -0.05) is 31.8 Å². The van der Waals surface area contributed by atoms with E-state index in [1.807, 2.05) is 18.3 Å². The number of rotatable bonds is 5. The van der Waals surface area contributed by atoms with Gasteiger partial charge in [0.1, 0.15) is 5.69 Å². The molecule has 1 aromatic heterocycles. The second-order valence-corrected chi connectivity index (χ2v) is 5.87. The molecule has 5 heteroatoms. The molecule has 0 bridgehead atoms. The smallest absolute Gasteiger partial charge is 0.188 e. The molecule has 1 aliphatic rings. The molecule has 0 radical (unpaired) electrons. The number of nitrogens with zero attached hydrogens (tertiary/aromatic N) is 3. The van der Waals surface area contributed by atoms with E-state index in [9.17, 15) is 0 Å². The van der Waals surface area contributed by atoms with Crippen molar-refractivity contribution >= 4 is 11.5 Å². The average molecular weight is 276 g/mol. The van der Waals surface area contributed by atoms with Crippen LogP contribution in [0.4, 0.5) is 5.69 Å². The van der Waals surface area contributed by atoms with Crippen LogP contribution in [-0.4, -0.2) is 28.6 Å². The molecule has 2 rings (SSSR count). The van der Waals surface area contributed by atoms with Gasteiger partial charge in [-0.15, -0.1) is 0 Å². The maximum Gasteiger partial charge on any atom is 0.188 e. The van der Waals surface area contributed by atoms with E-state index >= 15 is 0 Å². The molecular formula is C15H24N4O. The summed E-state index contributed by atoms with van der Waals surface area (Å²) >= 11 is 0. The Morgan fingerprint density at radius 3 is 2.65 bits per heavy atom. The van der Waals surface area contributed by atoms with Crippen molar-refractivity contribution < 1.29 is 5.21 Å². The van der Waals surface area contributed by atoms with Crippen LogP contribution in [0.3, 0.4) is 0 Å². The minimum Gasteiger partial charge on any atom is -0.409 e. The third-order valence-corrected chi connectivity index (χ3v) is 3.78. The van der Waals surface area contributed by atoms with Gasteiger partial charge in [0.15, 0.2) is 5.84 Å². The summed E-state index contributed by atoms with van der Waals surface area (Å²) in [6.07, 6.45) is 6.97. The summed E-state index contributed by atoms with van der Waals surface area (Å²) < 4.78 is 0. The van der Waals surface area contributed by atoms with E-state index in [0.717, 1.165) is 12.2 Å². The molecule has 1 fully saturated rings. The Morgan fingerprint density at radius 2 is 2.15 bits per heavy atom. The fourth-order valence-corrected chi connectivity index (χ4v) is 2.83. The number of hydrogen-bond acceptors (Lipinski definition) is 4. The van der Waals surface area contributed by atoms with Crippen molar-refractivity contribution in [1.82, 2.24) is 4.98 Å². The van der Waals surface area contributed by atoms with Crippen LogP contribution in [-0.2, 0) is 0 Å². The van der Waals surface area contributed by atoms with Crippen LogP contribution in [0.1, 0.15) is 45.2 Å². The first kappa shape index (κ1) is 14.6. The summed E-state index contributed by atoms with van der Waals surface area (Å²) in [7, 11) is 0. The average Bonchev–Trinajstić information content (AvgIpc) is 2.98. The Kier molecular flexibility index (Phi) is 4.82. The minimum absolute atomic E-state index is 0.0489. The molecule has 0 spiro atoms. The molecule has 0 saturated heterocycles. The van der Waals surface area contributed by atoms with E-state index in [4.69, 9.17) is 10.9 Å². The van der Waals surface area contributed by atoms with Crippen LogP contribution < -0.4 is 10.6 Å². The molecule has 110 valence electrons. The van der Waals surface area contributed by atoms with Crippen molar-refractivity contribution in [3.8, 4) is 0 Å². The van der Waals surface area contributed by atoms with Gasteiger partial charge in [-0.05, 0) is 30.9 Å². The number of oxime groups is 1. The number of hydrogen-bond donors (Lipinski definition) is 2. The summed E-state index contributed by atoms with van der Waals surface area (Å²) in [5, 5.41) is 11.6. The summed E-state index contributed by atoms with van der Waals surface area (Å²) in [6, 6.07) is 4.45. The second-order valence-electron chi connectivity index (χ2n) is 5.87. The highest BCUT2D eigenvalue weighted by Gasteiger charge is 2.23. The highest BCUT2D eigenvalue weighted by molar-refractivity contribution is 5.95. The van der Waals surface area contributed by atoms with E-state index in [1.165, 1.54) is 25.7 Å². The highest BCUT2D eigenvalue weighted by atomic mass is 16.4. The van der Waals surface area contributed by atoms with Gasteiger partial charge >= 0.3 is 0 Å². The number of anilines is 1. The zero-order chi connectivity index (χ0) is 14.5. The predicted octanol–water partition coefficient (Wildman–Crippen LogP) is 2.58. The maximum atomic E-state index is 8.67. The van der Waals surface area contributed by atoms with Crippen LogP contribution >= 0.6 is 0 Å². The molecule has 1 aliphatic carbocycles. The molecule has 1 aromatic rings. The topological polar surface area (TPSA) is 74.7 Å². The van der Waals surface area contributed by atoms with E-state index in [2.05, 4.69) is 28.9 Å². The third-order valence-electron chi connectivity index (χ3n) is 3.78. The SMILES string of the molecule is CC(C)CN(c1ccc(/C(N)=N/O)nc1)C1CCCC1. The molecule has 0 amide bonds. The number of pyridine rings is 1. The van der Waals surface area contributed by atoms with Crippen molar-refractivity contribution in [1.29, 1.82) is 0 Å². The molecule has 0 atom stereocenters. The Balaban J connectivity index is 2.19. The minimum atomic E-state index is 0.0489. The van der Waals surface area contributed by atoms with Gasteiger partial charge in [-0.25, -0.2) is 0 Å². The fraction of sp³-hybridized carbons (Fsp3) is 0.600. The Hall–Kier alpha value is -1.78. The summed E-state index contributed by atoms with van der Waals surface area (Å²) in [5.74, 6) is 0.659. The van der Waals surface area contributed by atoms with E-state index in [1.54, 1.807) is 0 Å². The van der Waals surface area contributed by atoms with Gasteiger partial charge in [0.2, 0.25) is 0 Å². The fourth-order valence-electron chi connectivity index (χ4n) is 2.83. The maximum absolute atomic E-state index is 8.67. The lowest BCUT2D eigenvalue weighted by molar-refractivity contribution is 0.318. The first-order chi connectivity index (χ1) is 9.61. The lowest BCUT2D eigenvalue weighted by Crippen LogP contribution is -2.36. The van der Waals surface area contributed by atoms with Gasteiger partial charge in [-0.3, -0.25) is 4.98 Å². The van der Waals surface area contributed by atoms with E-state index < -0.39 is 0 Å². The van der Waals surface area contributed by atoms with Crippen LogP contribution in [0.2, 0.25) is 0 Å². The van der Waals surface area contributed by atoms with Crippen molar-refractivity contribution in [2.75, 3.05) is 11.4 Å². The van der Waals surface area contributed by atoms with Gasteiger partial charge in [-0.2, -0.15) is 0 Å². The summed E-state index contributed by atoms with van der Waals surface area (Å²) in [5.41, 5.74) is 7.18. The van der Waals surface area contributed by atoms with E-state index in [-0.39, 0.29) is 5.84 Å². The monoisotopic (exact) mass is 276 g/mol. The van der Waals surface area contributed by atoms with Crippen LogP contribution in [0.5, 0.6) is 0 Å².